The number of carbonyl (C=O) groups excluding carboxylic acids is 1. The van der Waals surface area contributed by atoms with Crippen molar-refractivity contribution in [3.63, 3.8) is 0 Å². The van der Waals surface area contributed by atoms with Gasteiger partial charge in [-0.15, -0.1) is 0 Å². The standard InChI is InChI=1S/C16H24N2O/c1-13-12-14-15(6-4-7-16(14)19)18(13)11-5-10-17-8-2-3-9-17/h12H,2-11H2,1H3. The molecule has 0 N–H and O–H groups in total. The molecule has 2 heterocycles. The van der Waals surface area contributed by atoms with E-state index in [0.29, 0.717) is 5.78 Å². The molecule has 0 amide bonds. The van der Waals surface area contributed by atoms with Gasteiger partial charge in [0.1, 0.15) is 0 Å². The van der Waals surface area contributed by atoms with Gasteiger partial charge < -0.3 is 9.47 Å². The lowest BCUT2D eigenvalue weighted by Crippen LogP contribution is -2.22. The first kappa shape index (κ1) is 12.9. The van der Waals surface area contributed by atoms with Crippen LogP contribution in [-0.4, -0.2) is 34.9 Å². The van der Waals surface area contributed by atoms with E-state index < -0.39 is 0 Å². The quantitative estimate of drug-likeness (QED) is 0.831. The van der Waals surface area contributed by atoms with Crippen molar-refractivity contribution in [1.82, 2.24) is 9.47 Å². The molecule has 0 aromatic carbocycles. The Hall–Kier alpha value is -1.09. The SMILES string of the molecule is Cc1cc2c(n1CCCN1CCCC1)CCCC2=O. The molecule has 3 nitrogen and oxygen atoms in total. The average Bonchev–Trinajstić information content (AvgIpc) is 3.00. The van der Waals surface area contributed by atoms with Crippen molar-refractivity contribution in [3.05, 3.63) is 23.0 Å². The van der Waals surface area contributed by atoms with E-state index in [1.165, 1.54) is 50.3 Å². The maximum atomic E-state index is 11.9. The summed E-state index contributed by atoms with van der Waals surface area (Å²) in [6, 6.07) is 2.10. The predicted octanol–water partition coefficient (Wildman–Crippen LogP) is 2.80. The van der Waals surface area contributed by atoms with Crippen molar-refractivity contribution in [2.75, 3.05) is 19.6 Å². The van der Waals surface area contributed by atoms with Gasteiger partial charge in [-0.3, -0.25) is 4.79 Å². The fraction of sp³-hybridized carbons (Fsp3) is 0.688. The van der Waals surface area contributed by atoms with Crippen molar-refractivity contribution in [1.29, 1.82) is 0 Å². The molecule has 0 spiro atoms. The smallest absolute Gasteiger partial charge is 0.164 e. The first-order valence-electron chi connectivity index (χ1n) is 7.70. The van der Waals surface area contributed by atoms with E-state index in [1.807, 2.05) is 0 Å². The number of aryl methyl sites for hydroxylation is 1. The molecule has 0 bridgehead atoms. The van der Waals surface area contributed by atoms with Crippen molar-refractivity contribution < 1.29 is 4.79 Å². The molecule has 1 saturated heterocycles. The van der Waals surface area contributed by atoms with Crippen molar-refractivity contribution in [2.45, 2.75) is 52.0 Å². The van der Waals surface area contributed by atoms with E-state index >= 15 is 0 Å². The molecule has 104 valence electrons. The lowest BCUT2D eigenvalue weighted by molar-refractivity contribution is 0.0971. The maximum Gasteiger partial charge on any atom is 0.164 e. The third-order valence-corrected chi connectivity index (χ3v) is 4.59. The third-order valence-electron chi connectivity index (χ3n) is 4.59. The van der Waals surface area contributed by atoms with Gasteiger partial charge in [-0.25, -0.2) is 0 Å². The monoisotopic (exact) mass is 260 g/mol. The lowest BCUT2D eigenvalue weighted by Gasteiger charge is -2.18. The molecular weight excluding hydrogens is 236 g/mol. The van der Waals surface area contributed by atoms with Crippen LogP contribution >= 0.6 is 0 Å². The fourth-order valence-electron chi connectivity index (χ4n) is 3.56. The third kappa shape index (κ3) is 2.62. The fourth-order valence-corrected chi connectivity index (χ4v) is 3.56. The minimum absolute atomic E-state index is 0.350. The highest BCUT2D eigenvalue weighted by molar-refractivity contribution is 5.98. The Bertz CT molecular complexity index is 469. The molecule has 1 aliphatic carbocycles. The molecule has 1 aromatic rings. The number of likely N-dealkylation sites (tertiary alicyclic amines) is 1. The summed E-state index contributed by atoms with van der Waals surface area (Å²) in [5, 5.41) is 0. The molecule has 19 heavy (non-hydrogen) atoms. The normalized spacial score (nSPS) is 19.9. The van der Waals surface area contributed by atoms with Crippen LogP contribution in [0.3, 0.4) is 0 Å². The summed E-state index contributed by atoms with van der Waals surface area (Å²) >= 11 is 0. The summed E-state index contributed by atoms with van der Waals surface area (Å²) in [5.74, 6) is 0.350. The number of ketones is 1. The molecule has 1 fully saturated rings. The second kappa shape index (κ2) is 5.49. The number of rotatable bonds is 4. The second-order valence-electron chi connectivity index (χ2n) is 5.98. The van der Waals surface area contributed by atoms with Crippen LogP contribution in [0.15, 0.2) is 6.07 Å². The molecule has 0 unspecified atom stereocenters. The van der Waals surface area contributed by atoms with Gasteiger partial charge in [0.15, 0.2) is 5.78 Å². The zero-order chi connectivity index (χ0) is 13.2. The Balaban J connectivity index is 1.65. The van der Waals surface area contributed by atoms with Crippen molar-refractivity contribution in [3.8, 4) is 0 Å². The molecule has 0 saturated carbocycles. The van der Waals surface area contributed by atoms with Gasteiger partial charge in [0.25, 0.3) is 0 Å². The van der Waals surface area contributed by atoms with Gasteiger partial charge in [-0.05, 0) is 64.7 Å². The van der Waals surface area contributed by atoms with E-state index in [4.69, 9.17) is 0 Å². The number of Topliss-reactive ketones (excluding diaryl/α,β-unsaturated/α-hetero) is 1. The Kier molecular flexibility index (Phi) is 3.74. The first-order chi connectivity index (χ1) is 9.25. The van der Waals surface area contributed by atoms with Crippen LogP contribution in [0.5, 0.6) is 0 Å². The second-order valence-corrected chi connectivity index (χ2v) is 5.98. The lowest BCUT2D eigenvalue weighted by atomic mass is 9.96. The van der Waals surface area contributed by atoms with Gasteiger partial charge in [0.2, 0.25) is 0 Å². The highest BCUT2D eigenvalue weighted by Gasteiger charge is 2.22. The van der Waals surface area contributed by atoms with E-state index in [1.54, 1.807) is 0 Å². The Morgan fingerprint density at radius 3 is 2.68 bits per heavy atom. The maximum absolute atomic E-state index is 11.9. The van der Waals surface area contributed by atoms with Crippen LogP contribution < -0.4 is 0 Å². The summed E-state index contributed by atoms with van der Waals surface area (Å²) in [6.45, 7) is 6.98. The van der Waals surface area contributed by atoms with E-state index in [-0.39, 0.29) is 0 Å². The molecular formula is C16H24N2O. The minimum atomic E-state index is 0.350. The summed E-state index contributed by atoms with van der Waals surface area (Å²) in [4.78, 5) is 14.5. The molecule has 3 heteroatoms. The number of nitrogens with zero attached hydrogens (tertiary/aromatic N) is 2. The van der Waals surface area contributed by atoms with Crippen molar-refractivity contribution >= 4 is 5.78 Å². The highest BCUT2D eigenvalue weighted by Crippen LogP contribution is 2.25. The highest BCUT2D eigenvalue weighted by atomic mass is 16.1. The Morgan fingerprint density at radius 1 is 1.11 bits per heavy atom. The molecule has 1 aliphatic heterocycles. The van der Waals surface area contributed by atoms with Crippen LogP contribution in [0, 0.1) is 6.92 Å². The summed E-state index contributed by atoms with van der Waals surface area (Å²) < 4.78 is 2.39. The van der Waals surface area contributed by atoms with Crippen LogP contribution in [0.25, 0.3) is 0 Å². The summed E-state index contributed by atoms with van der Waals surface area (Å²) in [7, 11) is 0. The molecule has 0 radical (unpaired) electrons. The van der Waals surface area contributed by atoms with Crippen LogP contribution in [0.1, 0.15) is 53.8 Å². The molecule has 2 aliphatic rings. The van der Waals surface area contributed by atoms with Crippen LogP contribution in [-0.2, 0) is 13.0 Å². The van der Waals surface area contributed by atoms with Gasteiger partial charge in [-0.1, -0.05) is 0 Å². The topological polar surface area (TPSA) is 25.2 Å². The Labute approximate surface area is 115 Å². The number of fused-ring (bicyclic) bond motifs is 1. The zero-order valence-corrected chi connectivity index (χ0v) is 12.0. The van der Waals surface area contributed by atoms with E-state index in [2.05, 4.69) is 22.5 Å². The predicted molar refractivity (Wildman–Crippen MR) is 76.7 cm³/mol. The summed E-state index contributed by atoms with van der Waals surface area (Å²) in [6.07, 6.45) is 6.79. The first-order valence-corrected chi connectivity index (χ1v) is 7.70. The number of aromatic nitrogens is 1. The number of carbonyl (C=O) groups is 1. The molecule has 0 atom stereocenters. The number of hydrogen-bond donors (Lipinski definition) is 0. The van der Waals surface area contributed by atoms with E-state index in [9.17, 15) is 4.79 Å². The average molecular weight is 260 g/mol. The van der Waals surface area contributed by atoms with Gasteiger partial charge in [0.05, 0.1) is 0 Å². The van der Waals surface area contributed by atoms with Crippen molar-refractivity contribution in [2.24, 2.45) is 0 Å². The van der Waals surface area contributed by atoms with Crippen LogP contribution in [0.4, 0.5) is 0 Å². The minimum Gasteiger partial charge on any atom is -0.348 e. The van der Waals surface area contributed by atoms with Crippen LogP contribution in [0.2, 0.25) is 0 Å². The summed E-state index contributed by atoms with van der Waals surface area (Å²) in [5.41, 5.74) is 3.57. The van der Waals surface area contributed by atoms with E-state index in [0.717, 1.165) is 31.4 Å². The van der Waals surface area contributed by atoms with Gasteiger partial charge in [0, 0.05) is 29.9 Å². The van der Waals surface area contributed by atoms with Gasteiger partial charge in [-0.2, -0.15) is 0 Å². The Morgan fingerprint density at radius 2 is 1.89 bits per heavy atom. The molecule has 1 aromatic heterocycles. The van der Waals surface area contributed by atoms with Gasteiger partial charge >= 0.3 is 0 Å². The number of hydrogen-bond acceptors (Lipinski definition) is 2. The largest absolute Gasteiger partial charge is 0.348 e. The molecule has 3 rings (SSSR count). The zero-order valence-electron chi connectivity index (χ0n) is 12.0.